The highest BCUT2D eigenvalue weighted by molar-refractivity contribution is 5.80. The molecule has 0 atom stereocenters. The van der Waals surface area contributed by atoms with Gasteiger partial charge in [-0.05, 0) is 38.3 Å². The highest BCUT2D eigenvalue weighted by Gasteiger charge is 2.24. The summed E-state index contributed by atoms with van der Waals surface area (Å²) >= 11 is 0. The molecule has 2 saturated heterocycles. The lowest BCUT2D eigenvalue weighted by molar-refractivity contribution is -0.133. The van der Waals surface area contributed by atoms with Crippen molar-refractivity contribution >= 4 is 11.9 Å². The number of carbonyl (C=O) groups excluding carboxylic acids is 1. The van der Waals surface area contributed by atoms with E-state index < -0.39 is 0 Å². The van der Waals surface area contributed by atoms with Gasteiger partial charge in [0, 0.05) is 51.4 Å². The molecule has 0 aliphatic carbocycles. The number of hydrogen-bond donors (Lipinski definition) is 1. The van der Waals surface area contributed by atoms with Crippen LogP contribution in [0.15, 0.2) is 46.0 Å². The van der Waals surface area contributed by atoms with Crippen molar-refractivity contribution in [1.82, 2.24) is 25.0 Å². The number of likely N-dealkylation sites (tertiary alicyclic amines) is 1. The maximum Gasteiger partial charge on any atom is 0.236 e. The van der Waals surface area contributed by atoms with E-state index in [0.29, 0.717) is 19.0 Å². The van der Waals surface area contributed by atoms with Crippen LogP contribution in [0.2, 0.25) is 0 Å². The van der Waals surface area contributed by atoms with Crippen molar-refractivity contribution in [3.8, 4) is 11.5 Å². The Labute approximate surface area is 190 Å². The fourth-order valence-electron chi connectivity index (χ4n) is 4.23. The molecule has 0 radical (unpaired) electrons. The zero-order valence-corrected chi connectivity index (χ0v) is 19.0. The molecule has 2 aromatic rings. The zero-order valence-electron chi connectivity index (χ0n) is 19.0. The van der Waals surface area contributed by atoms with Gasteiger partial charge in [0.15, 0.2) is 5.96 Å². The predicted molar refractivity (Wildman–Crippen MR) is 125 cm³/mol. The minimum Gasteiger partial charge on any atom is -0.444 e. The number of benzene rings is 1. The van der Waals surface area contributed by atoms with Crippen molar-refractivity contribution in [1.29, 1.82) is 0 Å². The van der Waals surface area contributed by atoms with Crippen LogP contribution in [0.5, 0.6) is 0 Å². The normalized spacial score (nSPS) is 18.1. The Balaban J connectivity index is 1.30. The number of piperidine rings is 1. The first-order chi connectivity index (χ1) is 15.7. The van der Waals surface area contributed by atoms with Gasteiger partial charge in [0.05, 0.1) is 13.1 Å². The summed E-state index contributed by atoms with van der Waals surface area (Å²) in [7, 11) is 0. The first-order valence-corrected chi connectivity index (χ1v) is 11.8. The minimum absolute atomic E-state index is 0.277. The lowest BCUT2D eigenvalue weighted by Crippen LogP contribution is -2.54. The van der Waals surface area contributed by atoms with Gasteiger partial charge in [-0.3, -0.25) is 9.69 Å². The van der Waals surface area contributed by atoms with Gasteiger partial charge in [0.2, 0.25) is 11.8 Å². The number of hydrogen-bond acceptors (Lipinski definition) is 5. The van der Waals surface area contributed by atoms with Crippen molar-refractivity contribution < 1.29 is 9.21 Å². The first-order valence-electron chi connectivity index (χ1n) is 11.8. The van der Waals surface area contributed by atoms with Gasteiger partial charge >= 0.3 is 0 Å². The van der Waals surface area contributed by atoms with Crippen molar-refractivity contribution in [3.63, 3.8) is 0 Å². The molecule has 1 aromatic heterocycles. The summed E-state index contributed by atoms with van der Waals surface area (Å²) in [5.41, 5.74) is 1.77. The summed E-state index contributed by atoms with van der Waals surface area (Å²) in [6, 6.07) is 9.89. The molecule has 3 heterocycles. The Morgan fingerprint density at radius 3 is 2.50 bits per heavy atom. The minimum atomic E-state index is 0.277. The number of carbonyl (C=O) groups is 1. The second-order valence-electron chi connectivity index (χ2n) is 8.38. The number of aromatic nitrogens is 1. The second-order valence-corrected chi connectivity index (χ2v) is 8.38. The van der Waals surface area contributed by atoms with Gasteiger partial charge in [-0.1, -0.05) is 18.2 Å². The molecule has 1 amide bonds. The Bertz CT molecular complexity index is 883. The number of piperazine rings is 1. The smallest absolute Gasteiger partial charge is 0.236 e. The van der Waals surface area contributed by atoms with E-state index in [9.17, 15) is 4.79 Å². The van der Waals surface area contributed by atoms with Crippen LogP contribution in [0.3, 0.4) is 0 Å². The topological polar surface area (TPSA) is 77.2 Å². The summed E-state index contributed by atoms with van der Waals surface area (Å²) in [6.45, 7) is 9.16. The van der Waals surface area contributed by atoms with Gasteiger partial charge in [0.1, 0.15) is 12.0 Å². The van der Waals surface area contributed by atoms with Crippen LogP contribution in [-0.4, -0.2) is 83.9 Å². The molecule has 0 saturated carbocycles. The molecule has 0 spiro atoms. The molecule has 4 rings (SSSR count). The summed E-state index contributed by atoms with van der Waals surface area (Å²) in [5, 5.41) is 3.39. The summed E-state index contributed by atoms with van der Waals surface area (Å²) < 4.78 is 5.63. The van der Waals surface area contributed by atoms with E-state index >= 15 is 0 Å². The van der Waals surface area contributed by atoms with E-state index in [1.54, 1.807) is 6.26 Å². The maximum absolute atomic E-state index is 12.6. The number of guanidine groups is 1. The van der Waals surface area contributed by atoms with Gasteiger partial charge in [-0.25, -0.2) is 9.98 Å². The van der Waals surface area contributed by atoms with Gasteiger partial charge in [-0.15, -0.1) is 0 Å². The number of nitrogens with one attached hydrogen (secondary N) is 1. The van der Waals surface area contributed by atoms with E-state index in [1.165, 1.54) is 6.42 Å². The number of nitrogens with zero attached hydrogens (tertiary/aromatic N) is 5. The van der Waals surface area contributed by atoms with Crippen LogP contribution in [0.25, 0.3) is 11.5 Å². The quantitative estimate of drug-likeness (QED) is 0.551. The highest BCUT2D eigenvalue weighted by Crippen LogP contribution is 2.18. The Morgan fingerprint density at radius 2 is 1.78 bits per heavy atom. The molecule has 8 nitrogen and oxygen atoms in total. The van der Waals surface area contributed by atoms with Crippen LogP contribution >= 0.6 is 0 Å². The van der Waals surface area contributed by atoms with Crippen LogP contribution in [0.4, 0.5) is 0 Å². The van der Waals surface area contributed by atoms with Crippen molar-refractivity contribution in [2.45, 2.75) is 32.7 Å². The SMILES string of the molecule is CCNC(=NCc1coc(-c2ccccc2)n1)N1CCN(CC(=O)N2CCCCC2)CC1. The molecular formula is C24H34N6O2. The molecule has 0 unspecified atom stereocenters. The summed E-state index contributed by atoms with van der Waals surface area (Å²) in [6.07, 6.45) is 5.21. The van der Waals surface area contributed by atoms with Crippen LogP contribution in [-0.2, 0) is 11.3 Å². The molecular weight excluding hydrogens is 404 g/mol. The van der Waals surface area contributed by atoms with Crippen LogP contribution in [0, 0.1) is 0 Å². The largest absolute Gasteiger partial charge is 0.444 e. The van der Waals surface area contributed by atoms with Crippen LogP contribution in [0.1, 0.15) is 31.9 Å². The predicted octanol–water partition coefficient (Wildman–Crippen LogP) is 2.44. The average Bonchev–Trinajstić information content (AvgIpc) is 3.32. The molecule has 2 fully saturated rings. The Hall–Kier alpha value is -2.87. The number of amides is 1. The number of aliphatic imine (C=N–C) groups is 1. The Kier molecular flexibility index (Phi) is 7.77. The molecule has 1 aromatic carbocycles. The third-order valence-corrected chi connectivity index (χ3v) is 6.04. The van der Waals surface area contributed by atoms with Gasteiger partial charge in [-0.2, -0.15) is 0 Å². The van der Waals surface area contributed by atoms with E-state index in [0.717, 1.165) is 75.9 Å². The second kappa shape index (κ2) is 11.1. The molecule has 32 heavy (non-hydrogen) atoms. The number of rotatable bonds is 6. The van der Waals surface area contributed by atoms with Gasteiger partial charge in [0.25, 0.3) is 0 Å². The lowest BCUT2D eigenvalue weighted by atomic mass is 10.1. The summed E-state index contributed by atoms with van der Waals surface area (Å²) in [5.74, 6) is 1.78. The fourth-order valence-corrected chi connectivity index (χ4v) is 4.23. The van der Waals surface area contributed by atoms with E-state index in [4.69, 9.17) is 9.41 Å². The number of oxazole rings is 1. The molecule has 172 valence electrons. The van der Waals surface area contributed by atoms with Crippen LogP contribution < -0.4 is 5.32 Å². The zero-order chi connectivity index (χ0) is 22.2. The average molecular weight is 439 g/mol. The van der Waals surface area contributed by atoms with E-state index in [1.807, 2.05) is 35.2 Å². The van der Waals surface area contributed by atoms with Crippen molar-refractivity contribution in [3.05, 3.63) is 42.3 Å². The van der Waals surface area contributed by atoms with Crippen molar-refractivity contribution in [2.24, 2.45) is 4.99 Å². The molecule has 1 N–H and O–H groups in total. The Morgan fingerprint density at radius 1 is 1.03 bits per heavy atom. The molecule has 2 aliphatic rings. The standard InChI is InChI=1S/C24H34N6O2/c1-2-25-24(26-17-21-19-32-23(27-21)20-9-5-3-6-10-20)30-15-13-28(14-16-30)18-22(31)29-11-7-4-8-12-29/h3,5-6,9-10,19H,2,4,7-8,11-18H2,1H3,(H,25,26). The lowest BCUT2D eigenvalue weighted by Gasteiger charge is -2.37. The van der Waals surface area contributed by atoms with Gasteiger partial charge < -0.3 is 19.5 Å². The third kappa shape index (κ3) is 5.88. The van der Waals surface area contributed by atoms with Crippen molar-refractivity contribution in [2.75, 3.05) is 52.4 Å². The highest BCUT2D eigenvalue weighted by atomic mass is 16.3. The third-order valence-electron chi connectivity index (χ3n) is 6.04. The molecule has 2 aliphatic heterocycles. The molecule has 8 heteroatoms. The summed E-state index contributed by atoms with van der Waals surface area (Å²) in [4.78, 5) is 28.5. The fraction of sp³-hybridized carbons (Fsp3) is 0.542. The van der Waals surface area contributed by atoms with E-state index in [-0.39, 0.29) is 5.91 Å². The first kappa shape index (κ1) is 22.3. The van der Waals surface area contributed by atoms with E-state index in [2.05, 4.69) is 27.0 Å². The maximum atomic E-state index is 12.6. The molecule has 0 bridgehead atoms. The monoisotopic (exact) mass is 438 g/mol.